The normalized spacial score (nSPS) is 10.5. The fraction of sp³-hybridized carbons (Fsp3) is 0.0435. The van der Waals surface area contributed by atoms with Crippen molar-refractivity contribution in [1.29, 1.82) is 0 Å². The molecule has 5 nitrogen and oxygen atoms in total. The number of aromatic nitrogens is 2. The summed E-state index contributed by atoms with van der Waals surface area (Å²) >= 11 is 0. The molecule has 0 bridgehead atoms. The fourth-order valence-corrected chi connectivity index (χ4v) is 3.20. The number of carbonyl (C=O) groups is 1. The Morgan fingerprint density at radius 1 is 0.786 bits per heavy atom. The van der Waals surface area contributed by atoms with Crippen LogP contribution in [0.5, 0.6) is 5.75 Å². The van der Waals surface area contributed by atoms with Crippen LogP contribution in [0, 0.1) is 0 Å². The van der Waals surface area contributed by atoms with Crippen LogP contribution < -0.4 is 9.57 Å². The molecule has 0 fully saturated rings. The lowest BCUT2D eigenvalue weighted by molar-refractivity contribution is -0.130. The number of hydrogen-bond acceptors (Lipinski definition) is 4. The molecule has 0 spiro atoms. The Morgan fingerprint density at radius 3 is 1.96 bits per heavy atom. The second-order valence-electron chi connectivity index (χ2n) is 6.11. The highest BCUT2D eigenvalue weighted by atomic mass is 16.7. The summed E-state index contributed by atoms with van der Waals surface area (Å²) in [7, 11) is 1.63. The summed E-state index contributed by atoms with van der Waals surface area (Å²) < 4.78 is 5.29. The van der Waals surface area contributed by atoms with Crippen molar-refractivity contribution in [2.45, 2.75) is 0 Å². The number of benzene rings is 3. The number of ether oxygens (including phenoxy) is 1. The molecule has 0 aliphatic heterocycles. The predicted octanol–water partition coefficient (Wildman–Crippen LogP) is 4.48. The van der Waals surface area contributed by atoms with E-state index in [1.54, 1.807) is 7.11 Å². The lowest BCUT2D eigenvalue weighted by Gasteiger charge is -2.09. The van der Waals surface area contributed by atoms with Gasteiger partial charge in [0.25, 0.3) is 0 Å². The second-order valence-corrected chi connectivity index (χ2v) is 6.11. The highest BCUT2D eigenvalue weighted by Crippen LogP contribution is 2.40. The minimum Gasteiger partial charge on any atom is -0.497 e. The van der Waals surface area contributed by atoms with Crippen molar-refractivity contribution in [1.82, 2.24) is 9.94 Å². The molecular formula is C23H18N2O3. The van der Waals surface area contributed by atoms with E-state index in [0.717, 1.165) is 33.7 Å². The zero-order valence-electron chi connectivity index (χ0n) is 15.3. The minimum atomic E-state index is 0.381. The van der Waals surface area contributed by atoms with Gasteiger partial charge in [0.05, 0.1) is 7.11 Å². The molecule has 0 amide bonds. The first-order valence-corrected chi connectivity index (χ1v) is 8.81. The van der Waals surface area contributed by atoms with Gasteiger partial charge in [0.15, 0.2) is 0 Å². The van der Waals surface area contributed by atoms with Crippen LogP contribution in [0.1, 0.15) is 0 Å². The highest BCUT2D eigenvalue weighted by molar-refractivity contribution is 5.91. The molecule has 0 unspecified atom stereocenters. The zero-order valence-corrected chi connectivity index (χ0v) is 15.3. The molecule has 4 rings (SSSR count). The van der Waals surface area contributed by atoms with Gasteiger partial charge in [-0.15, -0.1) is 5.10 Å². The molecule has 138 valence electrons. The van der Waals surface area contributed by atoms with E-state index in [2.05, 4.69) is 5.10 Å². The van der Waals surface area contributed by atoms with E-state index >= 15 is 0 Å². The first-order valence-electron chi connectivity index (χ1n) is 8.81. The summed E-state index contributed by atoms with van der Waals surface area (Å²) in [5, 5.41) is 4.60. The molecule has 0 N–H and O–H groups in total. The minimum absolute atomic E-state index is 0.381. The van der Waals surface area contributed by atoms with Crippen LogP contribution in [0.3, 0.4) is 0 Å². The second kappa shape index (κ2) is 7.80. The van der Waals surface area contributed by atoms with Crippen molar-refractivity contribution in [3.05, 3.63) is 84.9 Å². The predicted molar refractivity (Wildman–Crippen MR) is 108 cm³/mol. The van der Waals surface area contributed by atoms with Gasteiger partial charge in [0.2, 0.25) is 0 Å². The Kier molecular flexibility index (Phi) is 4.89. The molecule has 28 heavy (non-hydrogen) atoms. The van der Waals surface area contributed by atoms with E-state index in [1.807, 2.05) is 84.9 Å². The van der Waals surface area contributed by atoms with E-state index in [4.69, 9.17) is 9.57 Å². The highest BCUT2D eigenvalue weighted by Gasteiger charge is 2.23. The van der Waals surface area contributed by atoms with E-state index in [1.165, 1.54) is 4.85 Å². The third kappa shape index (κ3) is 3.25. The van der Waals surface area contributed by atoms with Crippen molar-refractivity contribution >= 4 is 6.47 Å². The number of hydrogen-bond donors (Lipinski definition) is 0. The molecule has 1 heterocycles. The molecule has 3 aromatic carbocycles. The maximum atomic E-state index is 11.1. The van der Waals surface area contributed by atoms with Gasteiger partial charge < -0.3 is 9.57 Å². The summed E-state index contributed by atoms with van der Waals surface area (Å²) in [6.07, 6.45) is 0. The molecule has 4 aromatic rings. The van der Waals surface area contributed by atoms with Crippen molar-refractivity contribution in [3.63, 3.8) is 0 Å². The molecule has 0 saturated carbocycles. The first kappa shape index (κ1) is 17.5. The number of methoxy groups -OCH3 is 1. The zero-order chi connectivity index (χ0) is 19.3. The van der Waals surface area contributed by atoms with Crippen LogP contribution in [-0.2, 0) is 4.79 Å². The molecule has 5 heteroatoms. The van der Waals surface area contributed by atoms with Crippen LogP contribution in [0.25, 0.3) is 33.6 Å². The van der Waals surface area contributed by atoms with Crippen LogP contribution in [0.2, 0.25) is 0 Å². The number of nitrogens with zero attached hydrogens (tertiary/aromatic N) is 2. The van der Waals surface area contributed by atoms with Gasteiger partial charge in [-0.05, 0) is 17.7 Å². The average Bonchev–Trinajstić information content (AvgIpc) is 3.14. The van der Waals surface area contributed by atoms with Gasteiger partial charge >= 0.3 is 6.47 Å². The Labute approximate surface area is 162 Å². The third-order valence-corrected chi connectivity index (χ3v) is 4.47. The van der Waals surface area contributed by atoms with Gasteiger partial charge in [0.1, 0.15) is 17.1 Å². The Morgan fingerprint density at radius 2 is 1.39 bits per heavy atom. The first-order chi connectivity index (χ1) is 13.8. The lowest BCUT2D eigenvalue weighted by Crippen LogP contribution is -2.12. The fourth-order valence-electron chi connectivity index (χ4n) is 3.20. The molecule has 0 aliphatic carbocycles. The quantitative estimate of drug-likeness (QED) is 0.470. The standard InChI is InChI=1S/C23H18N2O3/c1-27-20-14-12-17(13-15-20)21-22(18-8-4-2-5-9-18)24-25(28-16-26)23(21)19-10-6-3-7-11-19/h2-16H,1H3. The summed E-state index contributed by atoms with van der Waals surface area (Å²) in [5.74, 6) is 0.766. The van der Waals surface area contributed by atoms with Gasteiger partial charge in [-0.25, -0.2) is 0 Å². The maximum Gasteiger partial charge on any atom is 0.323 e. The largest absolute Gasteiger partial charge is 0.497 e. The van der Waals surface area contributed by atoms with Crippen LogP contribution >= 0.6 is 0 Å². The van der Waals surface area contributed by atoms with Crippen LogP contribution in [0.15, 0.2) is 84.9 Å². The SMILES string of the molecule is COc1ccc(-c2c(-c3ccccc3)nn(OC=O)c2-c2ccccc2)cc1. The molecule has 1 aromatic heterocycles. The maximum absolute atomic E-state index is 11.1. The Balaban J connectivity index is 2.02. The monoisotopic (exact) mass is 370 g/mol. The topological polar surface area (TPSA) is 53.4 Å². The van der Waals surface area contributed by atoms with Gasteiger partial charge in [-0.3, -0.25) is 4.79 Å². The third-order valence-electron chi connectivity index (χ3n) is 4.47. The van der Waals surface area contributed by atoms with Gasteiger partial charge in [-0.2, -0.15) is 0 Å². The summed E-state index contributed by atoms with van der Waals surface area (Å²) in [6, 6.07) is 27.3. The van der Waals surface area contributed by atoms with Crippen molar-refractivity contribution < 1.29 is 14.4 Å². The Bertz CT molecular complexity index is 1070. The van der Waals surface area contributed by atoms with Gasteiger partial charge in [0, 0.05) is 16.7 Å². The molecule has 0 saturated heterocycles. The van der Waals surface area contributed by atoms with E-state index in [0.29, 0.717) is 12.2 Å². The van der Waals surface area contributed by atoms with E-state index < -0.39 is 0 Å². The van der Waals surface area contributed by atoms with Crippen molar-refractivity contribution in [2.75, 3.05) is 7.11 Å². The molecule has 0 atom stereocenters. The smallest absolute Gasteiger partial charge is 0.323 e. The molecular weight excluding hydrogens is 352 g/mol. The molecule has 0 aliphatic rings. The molecule has 0 radical (unpaired) electrons. The Hall–Kier alpha value is -3.86. The van der Waals surface area contributed by atoms with E-state index in [9.17, 15) is 4.79 Å². The number of carbonyl (C=O) groups excluding carboxylic acids is 1. The lowest BCUT2D eigenvalue weighted by atomic mass is 9.96. The summed E-state index contributed by atoms with van der Waals surface area (Å²) in [4.78, 5) is 17.6. The van der Waals surface area contributed by atoms with Crippen molar-refractivity contribution in [3.8, 4) is 39.4 Å². The summed E-state index contributed by atoms with van der Waals surface area (Å²) in [6.45, 7) is 0.381. The van der Waals surface area contributed by atoms with Crippen LogP contribution in [-0.4, -0.2) is 23.5 Å². The van der Waals surface area contributed by atoms with Crippen LogP contribution in [0.4, 0.5) is 0 Å². The average molecular weight is 370 g/mol. The van der Waals surface area contributed by atoms with Gasteiger partial charge in [-0.1, -0.05) is 77.6 Å². The van der Waals surface area contributed by atoms with Crippen molar-refractivity contribution in [2.24, 2.45) is 0 Å². The number of rotatable bonds is 6. The summed E-state index contributed by atoms with van der Waals surface area (Å²) in [5.41, 5.74) is 5.08. The van der Waals surface area contributed by atoms with E-state index in [-0.39, 0.29) is 0 Å².